The number of hydrogen-bond donors (Lipinski definition) is 0. The van der Waals surface area contributed by atoms with E-state index in [2.05, 4.69) is 0 Å². The quantitative estimate of drug-likeness (QED) is 0.712. The number of likely N-dealkylation sites (tertiary alicyclic amines) is 1. The number of carbonyl (C=O) groups is 2. The maximum atomic E-state index is 13.5. The van der Waals surface area contributed by atoms with E-state index in [4.69, 9.17) is 0 Å². The first-order chi connectivity index (χ1) is 7.59. The first kappa shape index (κ1) is 10.8. The van der Waals surface area contributed by atoms with E-state index in [-0.39, 0.29) is 36.5 Å². The topological polar surface area (TPSA) is 37.4 Å². The number of Topliss-reactive ketones (excluding diaryl/α,β-unsaturated/α-hetero) is 1. The number of rotatable bonds is 2. The van der Waals surface area contributed by atoms with E-state index in [1.807, 2.05) is 0 Å². The second kappa shape index (κ2) is 4.04. The summed E-state index contributed by atoms with van der Waals surface area (Å²) >= 11 is 0. The fourth-order valence-corrected chi connectivity index (χ4v) is 1.94. The van der Waals surface area contributed by atoms with Gasteiger partial charge in [0, 0.05) is 5.56 Å². The predicted octanol–water partition coefficient (Wildman–Crippen LogP) is 1.69. The largest absolute Gasteiger partial charge is 0.328 e. The maximum Gasteiger partial charge on any atom is 0.231 e. The van der Waals surface area contributed by atoms with Gasteiger partial charge in [-0.1, -0.05) is 18.2 Å². The lowest BCUT2D eigenvalue weighted by Crippen LogP contribution is -2.29. The molecule has 1 aromatic rings. The summed E-state index contributed by atoms with van der Waals surface area (Å²) in [5.41, 5.74) is 0.450. The van der Waals surface area contributed by atoms with Gasteiger partial charge in [-0.05, 0) is 13.0 Å². The van der Waals surface area contributed by atoms with Crippen LogP contribution in [0, 0.1) is 5.82 Å². The Morgan fingerprint density at radius 3 is 2.56 bits per heavy atom. The van der Waals surface area contributed by atoms with E-state index in [0.29, 0.717) is 5.56 Å². The third-order valence-electron chi connectivity index (χ3n) is 2.84. The molecule has 1 amide bonds. The monoisotopic (exact) mass is 221 g/mol. The molecule has 0 N–H and O–H groups in total. The van der Waals surface area contributed by atoms with Crippen molar-refractivity contribution < 1.29 is 14.0 Å². The van der Waals surface area contributed by atoms with Crippen molar-refractivity contribution in [3.8, 4) is 0 Å². The molecule has 1 fully saturated rings. The highest BCUT2D eigenvalue weighted by molar-refractivity contribution is 6.05. The molecular formula is C12H12FNO2. The first-order valence-electron chi connectivity index (χ1n) is 5.15. The van der Waals surface area contributed by atoms with Crippen molar-refractivity contribution >= 4 is 11.7 Å². The van der Waals surface area contributed by atoms with E-state index < -0.39 is 0 Å². The highest BCUT2D eigenvalue weighted by Crippen LogP contribution is 2.25. The maximum absolute atomic E-state index is 13.5. The Kier molecular flexibility index (Phi) is 2.73. The second-order valence-corrected chi connectivity index (χ2v) is 3.93. The van der Waals surface area contributed by atoms with Crippen molar-refractivity contribution in [1.29, 1.82) is 0 Å². The molecule has 0 bridgehead atoms. The molecule has 2 rings (SSSR count). The average Bonchev–Trinajstić information content (AvgIpc) is 2.58. The van der Waals surface area contributed by atoms with E-state index in [1.54, 1.807) is 25.1 Å². The molecule has 3 nitrogen and oxygen atoms in total. The Balaban J connectivity index is 2.26. The summed E-state index contributed by atoms with van der Waals surface area (Å²) in [5.74, 6) is -0.670. The summed E-state index contributed by atoms with van der Waals surface area (Å²) < 4.78 is 13.5. The Bertz CT molecular complexity index is 444. The average molecular weight is 221 g/mol. The fourth-order valence-electron chi connectivity index (χ4n) is 1.94. The van der Waals surface area contributed by atoms with Crippen molar-refractivity contribution in [2.75, 3.05) is 6.54 Å². The van der Waals surface area contributed by atoms with Crippen LogP contribution in [0.5, 0.6) is 0 Å². The SMILES string of the molecule is CC(c1ccccc1F)N1CC(=O)CC1=O. The molecule has 16 heavy (non-hydrogen) atoms. The predicted molar refractivity (Wildman–Crippen MR) is 56.2 cm³/mol. The lowest BCUT2D eigenvalue weighted by atomic mass is 10.1. The number of halogens is 1. The molecule has 1 atom stereocenters. The third-order valence-corrected chi connectivity index (χ3v) is 2.84. The summed E-state index contributed by atoms with van der Waals surface area (Å²) in [6, 6.07) is 5.92. The van der Waals surface area contributed by atoms with Gasteiger partial charge in [-0.2, -0.15) is 0 Å². The summed E-state index contributed by atoms with van der Waals surface area (Å²) in [6.07, 6.45) is -0.0568. The van der Waals surface area contributed by atoms with Crippen LogP contribution >= 0.6 is 0 Å². The van der Waals surface area contributed by atoms with Crippen molar-refractivity contribution in [1.82, 2.24) is 4.90 Å². The van der Waals surface area contributed by atoms with Gasteiger partial charge in [0.25, 0.3) is 0 Å². The van der Waals surface area contributed by atoms with Gasteiger partial charge >= 0.3 is 0 Å². The fraction of sp³-hybridized carbons (Fsp3) is 0.333. The van der Waals surface area contributed by atoms with Gasteiger partial charge in [-0.25, -0.2) is 4.39 Å². The minimum atomic E-state index is -0.389. The van der Waals surface area contributed by atoms with Gasteiger partial charge in [0.2, 0.25) is 5.91 Å². The normalized spacial score (nSPS) is 18.0. The molecule has 0 radical (unpaired) electrons. The van der Waals surface area contributed by atoms with Crippen LogP contribution in [0.3, 0.4) is 0 Å². The number of benzene rings is 1. The molecule has 1 heterocycles. The molecule has 0 aliphatic carbocycles. The summed E-state index contributed by atoms with van der Waals surface area (Å²) in [6.45, 7) is 1.82. The Labute approximate surface area is 92.9 Å². The van der Waals surface area contributed by atoms with Gasteiger partial charge in [-0.15, -0.1) is 0 Å². The minimum absolute atomic E-state index is 0.0568. The molecule has 0 aromatic heterocycles. The van der Waals surface area contributed by atoms with Gasteiger partial charge in [0.15, 0.2) is 5.78 Å². The smallest absolute Gasteiger partial charge is 0.231 e. The molecule has 84 valence electrons. The lowest BCUT2D eigenvalue weighted by molar-refractivity contribution is -0.129. The summed E-state index contributed by atoms with van der Waals surface area (Å²) in [4.78, 5) is 24.0. The molecule has 1 aromatic carbocycles. The van der Waals surface area contributed by atoms with Gasteiger partial charge in [-0.3, -0.25) is 9.59 Å². The zero-order valence-corrected chi connectivity index (χ0v) is 8.94. The van der Waals surface area contributed by atoms with Crippen LogP contribution in [0.25, 0.3) is 0 Å². The second-order valence-electron chi connectivity index (χ2n) is 3.93. The Morgan fingerprint density at radius 1 is 1.31 bits per heavy atom. The highest BCUT2D eigenvalue weighted by atomic mass is 19.1. The highest BCUT2D eigenvalue weighted by Gasteiger charge is 2.32. The van der Waals surface area contributed by atoms with Crippen LogP contribution in [0.4, 0.5) is 4.39 Å². The number of amides is 1. The van der Waals surface area contributed by atoms with Crippen LogP contribution < -0.4 is 0 Å². The van der Waals surface area contributed by atoms with Crippen molar-refractivity contribution in [3.05, 3.63) is 35.6 Å². The molecule has 1 saturated heterocycles. The molecular weight excluding hydrogens is 209 g/mol. The summed E-state index contributed by atoms with van der Waals surface area (Å²) in [7, 11) is 0. The van der Waals surface area contributed by atoms with Gasteiger partial charge < -0.3 is 4.90 Å². The minimum Gasteiger partial charge on any atom is -0.328 e. The number of ketones is 1. The van der Waals surface area contributed by atoms with E-state index in [9.17, 15) is 14.0 Å². The molecule has 4 heteroatoms. The number of nitrogens with zero attached hydrogens (tertiary/aromatic N) is 1. The molecule has 0 saturated carbocycles. The van der Waals surface area contributed by atoms with Gasteiger partial charge in [0.05, 0.1) is 19.0 Å². The zero-order chi connectivity index (χ0) is 11.7. The van der Waals surface area contributed by atoms with Crippen LogP contribution in [0.15, 0.2) is 24.3 Å². The standard InChI is InChI=1S/C12H12FNO2/c1-8(10-4-2-3-5-11(10)13)14-7-9(15)6-12(14)16/h2-5,8H,6-7H2,1H3. The zero-order valence-electron chi connectivity index (χ0n) is 8.94. The van der Waals surface area contributed by atoms with Crippen LogP contribution in [-0.2, 0) is 9.59 Å². The number of carbonyl (C=O) groups excluding carboxylic acids is 2. The van der Waals surface area contributed by atoms with Crippen molar-refractivity contribution in [2.45, 2.75) is 19.4 Å². The van der Waals surface area contributed by atoms with E-state index >= 15 is 0 Å². The van der Waals surface area contributed by atoms with Crippen LogP contribution in [0.1, 0.15) is 24.9 Å². The molecule has 0 spiro atoms. The van der Waals surface area contributed by atoms with Gasteiger partial charge in [0.1, 0.15) is 5.82 Å². The molecule has 1 aliphatic heterocycles. The van der Waals surface area contributed by atoms with Crippen LogP contribution in [0.2, 0.25) is 0 Å². The first-order valence-corrected chi connectivity index (χ1v) is 5.15. The lowest BCUT2D eigenvalue weighted by Gasteiger charge is -2.24. The third kappa shape index (κ3) is 1.83. The van der Waals surface area contributed by atoms with E-state index in [0.717, 1.165) is 0 Å². The Hall–Kier alpha value is -1.71. The molecule has 1 unspecified atom stereocenters. The number of hydrogen-bond acceptors (Lipinski definition) is 2. The molecule has 1 aliphatic rings. The van der Waals surface area contributed by atoms with E-state index in [1.165, 1.54) is 11.0 Å². The van der Waals surface area contributed by atoms with Crippen molar-refractivity contribution in [3.63, 3.8) is 0 Å². The Morgan fingerprint density at radius 2 is 2.00 bits per heavy atom. The summed E-state index contributed by atoms with van der Waals surface area (Å²) in [5, 5.41) is 0. The van der Waals surface area contributed by atoms with Crippen LogP contribution in [-0.4, -0.2) is 23.1 Å². The van der Waals surface area contributed by atoms with Crippen molar-refractivity contribution in [2.24, 2.45) is 0 Å².